The standard InChI is InChI=1S/C18H34O4Si/c1-14(2)16-15(19)10-12-18(20,22-16)11-8-9-13-21-23(6,7)17(3,4)5/h10,12,14,16,20H,8-9,11,13H2,1-7H3/t16-,18?/m1/s1. The summed E-state index contributed by atoms with van der Waals surface area (Å²) in [4.78, 5) is 11.8. The zero-order valence-corrected chi connectivity index (χ0v) is 16.8. The van der Waals surface area contributed by atoms with E-state index in [1.807, 2.05) is 13.8 Å². The molecule has 0 aromatic rings. The molecule has 1 heterocycles. The maximum absolute atomic E-state index is 11.8. The van der Waals surface area contributed by atoms with Crippen molar-refractivity contribution in [3.05, 3.63) is 12.2 Å². The van der Waals surface area contributed by atoms with E-state index in [0.717, 1.165) is 12.8 Å². The lowest BCUT2D eigenvalue weighted by atomic mass is 9.96. The van der Waals surface area contributed by atoms with Gasteiger partial charge in [-0.05, 0) is 49.0 Å². The smallest absolute Gasteiger partial charge is 0.191 e. The van der Waals surface area contributed by atoms with Crippen molar-refractivity contribution in [3.8, 4) is 0 Å². The second-order valence-corrected chi connectivity index (χ2v) is 13.2. The number of rotatable bonds is 7. The highest BCUT2D eigenvalue weighted by atomic mass is 28.4. The van der Waals surface area contributed by atoms with Crippen molar-refractivity contribution < 1.29 is 19.1 Å². The lowest BCUT2D eigenvalue weighted by Gasteiger charge is -2.36. The summed E-state index contributed by atoms with van der Waals surface area (Å²) in [6, 6.07) is 0. The lowest BCUT2D eigenvalue weighted by molar-refractivity contribution is -0.213. The van der Waals surface area contributed by atoms with Gasteiger partial charge in [0.1, 0.15) is 6.10 Å². The van der Waals surface area contributed by atoms with Gasteiger partial charge in [-0.2, -0.15) is 0 Å². The highest BCUT2D eigenvalue weighted by Gasteiger charge is 2.38. The molecule has 1 aliphatic rings. The predicted molar refractivity (Wildman–Crippen MR) is 95.8 cm³/mol. The molecule has 23 heavy (non-hydrogen) atoms. The number of unbranched alkanes of at least 4 members (excludes halogenated alkanes) is 1. The largest absolute Gasteiger partial charge is 0.417 e. The molecular formula is C18H34O4Si. The summed E-state index contributed by atoms with van der Waals surface area (Å²) >= 11 is 0. The third-order valence-corrected chi connectivity index (χ3v) is 9.46. The number of aliphatic hydroxyl groups is 1. The average molecular weight is 343 g/mol. The third-order valence-electron chi connectivity index (χ3n) is 4.92. The molecule has 4 nitrogen and oxygen atoms in total. The fourth-order valence-electron chi connectivity index (χ4n) is 2.26. The van der Waals surface area contributed by atoms with Crippen LogP contribution in [0.15, 0.2) is 12.2 Å². The highest BCUT2D eigenvalue weighted by Crippen LogP contribution is 2.36. The second-order valence-electron chi connectivity index (χ2n) is 8.43. The number of hydrogen-bond acceptors (Lipinski definition) is 4. The van der Waals surface area contributed by atoms with Gasteiger partial charge in [0.15, 0.2) is 19.9 Å². The van der Waals surface area contributed by atoms with E-state index in [-0.39, 0.29) is 16.7 Å². The molecule has 2 atom stereocenters. The van der Waals surface area contributed by atoms with Gasteiger partial charge in [-0.1, -0.05) is 34.6 Å². The van der Waals surface area contributed by atoms with Crippen LogP contribution in [0.25, 0.3) is 0 Å². The van der Waals surface area contributed by atoms with E-state index < -0.39 is 20.2 Å². The summed E-state index contributed by atoms with van der Waals surface area (Å²) in [6.07, 6.45) is 4.57. The van der Waals surface area contributed by atoms with Crippen molar-refractivity contribution in [1.29, 1.82) is 0 Å². The zero-order valence-electron chi connectivity index (χ0n) is 15.8. The Morgan fingerprint density at radius 1 is 1.35 bits per heavy atom. The molecule has 0 amide bonds. The van der Waals surface area contributed by atoms with Crippen LogP contribution in [0, 0.1) is 5.92 Å². The van der Waals surface area contributed by atoms with Crippen LogP contribution in [0.4, 0.5) is 0 Å². The van der Waals surface area contributed by atoms with E-state index in [2.05, 4.69) is 33.9 Å². The summed E-state index contributed by atoms with van der Waals surface area (Å²) in [5.74, 6) is -1.33. The molecular weight excluding hydrogens is 308 g/mol. The van der Waals surface area contributed by atoms with Crippen LogP contribution in [0.1, 0.15) is 53.9 Å². The van der Waals surface area contributed by atoms with Gasteiger partial charge in [0, 0.05) is 13.0 Å². The first-order chi connectivity index (χ1) is 10.4. The summed E-state index contributed by atoms with van der Waals surface area (Å²) < 4.78 is 11.8. The molecule has 0 aliphatic carbocycles. The van der Waals surface area contributed by atoms with Crippen LogP contribution in [-0.2, 0) is 14.0 Å². The molecule has 0 aromatic carbocycles. The number of ketones is 1. The molecule has 1 aliphatic heterocycles. The van der Waals surface area contributed by atoms with Gasteiger partial charge in [0.2, 0.25) is 0 Å². The van der Waals surface area contributed by atoms with E-state index in [4.69, 9.17) is 9.16 Å². The Morgan fingerprint density at radius 3 is 2.48 bits per heavy atom. The topological polar surface area (TPSA) is 55.8 Å². The molecule has 1 rings (SSSR count). The molecule has 0 radical (unpaired) electrons. The molecule has 0 aromatic heterocycles. The molecule has 0 fully saturated rings. The van der Waals surface area contributed by atoms with Crippen molar-refractivity contribution in [2.75, 3.05) is 6.61 Å². The van der Waals surface area contributed by atoms with E-state index in [1.54, 1.807) is 0 Å². The van der Waals surface area contributed by atoms with Crippen LogP contribution in [-0.4, -0.2) is 37.7 Å². The molecule has 0 saturated heterocycles. The SMILES string of the molecule is CC(C)[C@H]1OC(O)(CCCCO[Si](C)(C)C(C)(C)C)C=CC1=O. The van der Waals surface area contributed by atoms with Gasteiger partial charge < -0.3 is 14.3 Å². The first-order valence-electron chi connectivity index (χ1n) is 8.65. The van der Waals surface area contributed by atoms with E-state index >= 15 is 0 Å². The van der Waals surface area contributed by atoms with E-state index in [1.165, 1.54) is 12.2 Å². The number of hydrogen-bond donors (Lipinski definition) is 1. The summed E-state index contributed by atoms with van der Waals surface area (Å²) in [5, 5.41) is 10.7. The van der Waals surface area contributed by atoms with Crippen LogP contribution in [0.2, 0.25) is 18.1 Å². The van der Waals surface area contributed by atoms with Gasteiger partial charge in [0.25, 0.3) is 0 Å². The fourth-order valence-corrected chi connectivity index (χ4v) is 3.34. The Hall–Kier alpha value is -0.493. The molecule has 0 bridgehead atoms. The molecule has 0 spiro atoms. The number of carbonyl (C=O) groups excluding carboxylic acids is 1. The molecule has 0 saturated carbocycles. The Balaban J connectivity index is 2.41. The molecule has 5 heteroatoms. The monoisotopic (exact) mass is 342 g/mol. The van der Waals surface area contributed by atoms with Crippen LogP contribution in [0.5, 0.6) is 0 Å². The lowest BCUT2D eigenvalue weighted by Crippen LogP contribution is -2.44. The summed E-state index contributed by atoms with van der Waals surface area (Å²) in [7, 11) is -1.70. The van der Waals surface area contributed by atoms with E-state index in [9.17, 15) is 9.90 Å². The normalized spacial score (nSPS) is 26.1. The first-order valence-corrected chi connectivity index (χ1v) is 11.6. The second kappa shape index (κ2) is 7.60. The minimum atomic E-state index is -1.70. The minimum Gasteiger partial charge on any atom is -0.417 e. The van der Waals surface area contributed by atoms with Crippen LogP contribution in [0.3, 0.4) is 0 Å². The molecule has 134 valence electrons. The number of ether oxygens (including phenoxy) is 1. The Bertz CT molecular complexity index is 437. The molecule has 1 unspecified atom stereocenters. The predicted octanol–water partition coefficient (Wildman–Crippen LogP) is 4.05. The van der Waals surface area contributed by atoms with Crippen molar-refractivity contribution in [1.82, 2.24) is 0 Å². The average Bonchev–Trinajstić information content (AvgIpc) is 2.40. The van der Waals surface area contributed by atoms with Crippen molar-refractivity contribution in [2.24, 2.45) is 5.92 Å². The van der Waals surface area contributed by atoms with Crippen LogP contribution < -0.4 is 0 Å². The van der Waals surface area contributed by atoms with Gasteiger partial charge in [-0.25, -0.2) is 0 Å². The fraction of sp³-hybridized carbons (Fsp3) is 0.833. The third kappa shape index (κ3) is 5.82. The maximum Gasteiger partial charge on any atom is 0.191 e. The highest BCUT2D eigenvalue weighted by molar-refractivity contribution is 6.74. The van der Waals surface area contributed by atoms with Gasteiger partial charge in [-0.3, -0.25) is 4.79 Å². The van der Waals surface area contributed by atoms with Gasteiger partial charge in [0.05, 0.1) is 0 Å². The Labute approximate surface area is 142 Å². The number of carbonyl (C=O) groups is 1. The van der Waals surface area contributed by atoms with Crippen molar-refractivity contribution in [3.63, 3.8) is 0 Å². The van der Waals surface area contributed by atoms with Gasteiger partial charge in [-0.15, -0.1) is 0 Å². The summed E-state index contributed by atoms with van der Waals surface area (Å²) in [5.41, 5.74) is 0. The van der Waals surface area contributed by atoms with Crippen LogP contribution >= 0.6 is 0 Å². The van der Waals surface area contributed by atoms with Crippen molar-refractivity contribution in [2.45, 2.75) is 83.9 Å². The first kappa shape index (κ1) is 20.6. The quantitative estimate of drug-likeness (QED) is 0.560. The molecule has 1 N–H and O–H groups in total. The van der Waals surface area contributed by atoms with Gasteiger partial charge >= 0.3 is 0 Å². The van der Waals surface area contributed by atoms with Crippen molar-refractivity contribution >= 4 is 14.1 Å². The Morgan fingerprint density at radius 2 is 1.96 bits per heavy atom. The minimum absolute atomic E-state index is 0.0564. The summed E-state index contributed by atoms with van der Waals surface area (Å²) in [6.45, 7) is 15.7. The zero-order chi connectivity index (χ0) is 17.9. The maximum atomic E-state index is 11.8. The Kier molecular flexibility index (Phi) is 6.79. The van der Waals surface area contributed by atoms with E-state index in [0.29, 0.717) is 13.0 Å².